The predicted octanol–water partition coefficient (Wildman–Crippen LogP) is 3.51. The Kier molecular flexibility index (Phi) is 5.35. The molecule has 0 bridgehead atoms. The van der Waals surface area contributed by atoms with E-state index in [1.165, 1.54) is 12.3 Å². The third-order valence-corrected chi connectivity index (χ3v) is 5.28. The molecule has 29 heavy (non-hydrogen) atoms. The van der Waals surface area contributed by atoms with Crippen molar-refractivity contribution in [1.82, 2.24) is 5.16 Å². The molecule has 1 saturated carbocycles. The van der Waals surface area contributed by atoms with Crippen molar-refractivity contribution in [2.75, 3.05) is 18.1 Å². The lowest BCUT2D eigenvalue weighted by Crippen LogP contribution is -2.28. The van der Waals surface area contributed by atoms with Crippen molar-refractivity contribution in [1.29, 1.82) is 0 Å². The molecule has 7 nitrogen and oxygen atoms in total. The van der Waals surface area contributed by atoms with Crippen LogP contribution < -0.4 is 9.64 Å². The zero-order valence-corrected chi connectivity index (χ0v) is 15.3. The molecule has 1 atom stereocenters. The van der Waals surface area contributed by atoms with E-state index in [0.717, 1.165) is 11.0 Å². The van der Waals surface area contributed by atoms with Crippen LogP contribution in [-0.4, -0.2) is 41.7 Å². The Hall–Kier alpha value is -2.75. The average molecular weight is 412 g/mol. The van der Waals surface area contributed by atoms with Crippen molar-refractivity contribution in [3.05, 3.63) is 41.4 Å². The Labute approximate surface area is 164 Å². The number of aromatic nitrogens is 1. The topological polar surface area (TPSA) is 85.0 Å². The molecule has 1 saturated heterocycles. The molecule has 0 radical (unpaired) electrons. The molecule has 156 valence electrons. The molecule has 2 heterocycles. The number of anilines is 1. The number of ether oxygens (including phenoxy) is 2. The van der Waals surface area contributed by atoms with E-state index < -0.39 is 47.4 Å². The van der Waals surface area contributed by atoms with Gasteiger partial charge in [0, 0.05) is 17.7 Å². The smallest absolute Gasteiger partial charge is 0.414 e. The van der Waals surface area contributed by atoms with E-state index in [-0.39, 0.29) is 24.6 Å². The number of aliphatic hydroxyl groups excluding tert-OH is 1. The summed E-state index contributed by atoms with van der Waals surface area (Å²) in [6.45, 7) is -0.217. The molecule has 1 amide bonds. The standard InChI is InChI=1S/C19H19F3N2O5/c20-13-7-14(17(21)18(22)16(13)10-1-3-11(25)4-2-10)24-8-12(29-19(24)26)9-27-15-5-6-28-23-15/h5-7,10-12,25H,1-4,8-9H2. The summed E-state index contributed by atoms with van der Waals surface area (Å²) in [4.78, 5) is 13.0. The summed E-state index contributed by atoms with van der Waals surface area (Å²) < 4.78 is 59.1. The lowest BCUT2D eigenvalue weighted by molar-refractivity contribution is 0.101. The predicted molar refractivity (Wildman–Crippen MR) is 93.1 cm³/mol. The summed E-state index contributed by atoms with van der Waals surface area (Å²) in [5, 5.41) is 13.1. The number of amides is 1. The number of cyclic esters (lactones) is 1. The van der Waals surface area contributed by atoms with Gasteiger partial charge in [-0.2, -0.15) is 0 Å². The Morgan fingerprint density at radius 3 is 2.66 bits per heavy atom. The summed E-state index contributed by atoms with van der Waals surface area (Å²) in [6.07, 6.45) is 0.628. The van der Waals surface area contributed by atoms with E-state index in [4.69, 9.17) is 9.47 Å². The molecule has 1 N–H and O–H groups in total. The summed E-state index contributed by atoms with van der Waals surface area (Å²) in [5.41, 5.74) is -0.856. The fraction of sp³-hybridized carbons (Fsp3) is 0.474. The number of carbonyl (C=O) groups excluding carboxylic acids is 1. The summed E-state index contributed by atoms with van der Waals surface area (Å²) in [7, 11) is 0. The zero-order valence-electron chi connectivity index (χ0n) is 15.3. The van der Waals surface area contributed by atoms with Crippen molar-refractivity contribution >= 4 is 11.8 Å². The maximum atomic E-state index is 14.7. The second-order valence-electron chi connectivity index (χ2n) is 7.19. The van der Waals surface area contributed by atoms with Crippen LogP contribution in [0.4, 0.5) is 23.7 Å². The molecule has 1 aliphatic heterocycles. The third kappa shape index (κ3) is 3.89. The summed E-state index contributed by atoms with van der Waals surface area (Å²) in [6, 6.07) is 2.28. The van der Waals surface area contributed by atoms with E-state index in [1.807, 2.05) is 0 Å². The molecule has 10 heteroatoms. The molecule has 0 spiro atoms. The first-order valence-electron chi connectivity index (χ1n) is 9.30. The molecular formula is C19H19F3N2O5. The van der Waals surface area contributed by atoms with Gasteiger partial charge in [-0.05, 0) is 36.8 Å². The Bertz CT molecular complexity index is 884. The fourth-order valence-corrected chi connectivity index (χ4v) is 3.79. The Balaban J connectivity index is 1.51. The van der Waals surface area contributed by atoms with Crippen molar-refractivity contribution < 1.29 is 37.1 Å². The summed E-state index contributed by atoms with van der Waals surface area (Å²) in [5.74, 6) is -3.87. The Morgan fingerprint density at radius 1 is 1.21 bits per heavy atom. The number of rotatable bonds is 5. The number of hydrogen-bond donors (Lipinski definition) is 1. The SMILES string of the molecule is O=C1OC(COc2ccon2)CN1c1cc(F)c(C2CCC(O)CC2)c(F)c1F. The number of aliphatic hydroxyl groups is 1. The fourth-order valence-electron chi connectivity index (χ4n) is 3.79. The van der Waals surface area contributed by atoms with E-state index >= 15 is 0 Å². The Morgan fingerprint density at radius 2 is 1.97 bits per heavy atom. The van der Waals surface area contributed by atoms with E-state index in [9.17, 15) is 23.1 Å². The highest BCUT2D eigenvalue weighted by atomic mass is 19.2. The van der Waals surface area contributed by atoms with E-state index in [0.29, 0.717) is 25.7 Å². The third-order valence-electron chi connectivity index (χ3n) is 5.28. The maximum Gasteiger partial charge on any atom is 0.414 e. The molecular weight excluding hydrogens is 393 g/mol. The molecule has 1 aliphatic carbocycles. The van der Waals surface area contributed by atoms with Gasteiger partial charge in [0.25, 0.3) is 5.88 Å². The van der Waals surface area contributed by atoms with Gasteiger partial charge < -0.3 is 19.1 Å². The quantitative estimate of drug-likeness (QED) is 0.757. The van der Waals surface area contributed by atoms with Gasteiger partial charge >= 0.3 is 6.09 Å². The van der Waals surface area contributed by atoms with Crippen LogP contribution in [-0.2, 0) is 4.74 Å². The summed E-state index contributed by atoms with van der Waals surface area (Å²) >= 11 is 0. The van der Waals surface area contributed by atoms with Crippen LogP contribution in [0.1, 0.15) is 37.2 Å². The van der Waals surface area contributed by atoms with Gasteiger partial charge in [0.15, 0.2) is 17.7 Å². The van der Waals surface area contributed by atoms with Gasteiger partial charge in [-0.25, -0.2) is 18.0 Å². The molecule has 2 fully saturated rings. The van der Waals surface area contributed by atoms with Crippen molar-refractivity contribution in [3.8, 4) is 5.88 Å². The van der Waals surface area contributed by atoms with Gasteiger partial charge in [-0.15, -0.1) is 0 Å². The minimum absolute atomic E-state index is 0.0795. The monoisotopic (exact) mass is 412 g/mol. The average Bonchev–Trinajstić information content (AvgIpc) is 3.34. The second kappa shape index (κ2) is 7.94. The van der Waals surface area contributed by atoms with Gasteiger partial charge in [0.1, 0.15) is 18.7 Å². The number of nitrogens with zero attached hydrogens (tertiary/aromatic N) is 2. The van der Waals surface area contributed by atoms with Gasteiger partial charge in [0.05, 0.1) is 18.3 Å². The van der Waals surface area contributed by atoms with Gasteiger partial charge in [0.2, 0.25) is 0 Å². The largest absolute Gasteiger partial charge is 0.471 e. The van der Waals surface area contributed by atoms with Crippen LogP contribution in [0.3, 0.4) is 0 Å². The molecule has 1 unspecified atom stereocenters. The van der Waals surface area contributed by atoms with Crippen LogP contribution in [0.5, 0.6) is 5.88 Å². The lowest BCUT2D eigenvalue weighted by Gasteiger charge is -2.27. The molecule has 2 aliphatic rings. The van der Waals surface area contributed by atoms with E-state index in [2.05, 4.69) is 9.68 Å². The van der Waals surface area contributed by atoms with Crippen molar-refractivity contribution in [2.24, 2.45) is 0 Å². The normalized spacial score (nSPS) is 24.6. The first kappa shape index (κ1) is 19.6. The number of halogens is 3. The minimum atomic E-state index is -1.31. The first-order valence-corrected chi connectivity index (χ1v) is 9.30. The number of benzene rings is 1. The number of carbonyl (C=O) groups is 1. The van der Waals surface area contributed by atoms with Crippen LogP contribution in [0, 0.1) is 17.5 Å². The van der Waals surface area contributed by atoms with Crippen LogP contribution in [0.2, 0.25) is 0 Å². The lowest BCUT2D eigenvalue weighted by atomic mass is 9.82. The zero-order chi connectivity index (χ0) is 20.5. The minimum Gasteiger partial charge on any atom is -0.471 e. The molecule has 1 aromatic heterocycles. The first-order chi connectivity index (χ1) is 13.9. The van der Waals surface area contributed by atoms with Crippen LogP contribution >= 0.6 is 0 Å². The molecule has 1 aromatic carbocycles. The van der Waals surface area contributed by atoms with Crippen molar-refractivity contribution in [2.45, 2.75) is 43.8 Å². The second-order valence-corrected chi connectivity index (χ2v) is 7.19. The molecule has 4 rings (SSSR count). The van der Waals surface area contributed by atoms with Crippen LogP contribution in [0.25, 0.3) is 0 Å². The number of hydrogen-bond acceptors (Lipinski definition) is 6. The van der Waals surface area contributed by atoms with E-state index in [1.54, 1.807) is 0 Å². The maximum absolute atomic E-state index is 14.7. The van der Waals surface area contributed by atoms with Gasteiger partial charge in [-0.1, -0.05) is 0 Å². The van der Waals surface area contributed by atoms with Gasteiger partial charge in [-0.3, -0.25) is 4.90 Å². The highest BCUT2D eigenvalue weighted by Gasteiger charge is 2.37. The highest BCUT2D eigenvalue weighted by Crippen LogP contribution is 2.39. The molecule has 2 aromatic rings. The van der Waals surface area contributed by atoms with Crippen LogP contribution in [0.15, 0.2) is 22.9 Å². The van der Waals surface area contributed by atoms with Crippen molar-refractivity contribution in [3.63, 3.8) is 0 Å². The highest BCUT2D eigenvalue weighted by molar-refractivity contribution is 5.90.